The number of amides is 1. The van der Waals surface area contributed by atoms with E-state index in [1.54, 1.807) is 0 Å². The molecule has 1 N–H and O–H groups in total. The Kier molecular flexibility index (Phi) is 9.39. The Hall–Kier alpha value is -2.73. The number of carbonyl (C=O) groups is 3. The van der Waals surface area contributed by atoms with Crippen LogP contribution in [0.1, 0.15) is 53.3 Å². The van der Waals surface area contributed by atoms with Crippen molar-refractivity contribution >= 4 is 34.2 Å². The molecule has 39 heavy (non-hydrogen) atoms. The van der Waals surface area contributed by atoms with Gasteiger partial charge in [-0.2, -0.15) is 43.9 Å². The zero-order chi connectivity index (χ0) is 31.2. The van der Waals surface area contributed by atoms with E-state index in [-0.39, 0.29) is 11.3 Å². The molecule has 224 valence electrons. The molecule has 1 heterocycles. The van der Waals surface area contributed by atoms with Gasteiger partial charge in [-0.05, 0) is 40.2 Å². The van der Waals surface area contributed by atoms with Gasteiger partial charge in [0.1, 0.15) is 15.5 Å². The number of carbonyl (C=O) groups excluding carboxylic acids is 3. The molecule has 1 aromatic rings. The van der Waals surface area contributed by atoms with Crippen LogP contribution in [0.4, 0.5) is 57.7 Å². The molecule has 0 spiro atoms. The van der Waals surface area contributed by atoms with Crippen LogP contribution in [0.2, 0.25) is 0 Å². The summed E-state index contributed by atoms with van der Waals surface area (Å²) in [5.41, 5.74) is -2.56. The van der Waals surface area contributed by atoms with E-state index in [4.69, 9.17) is 4.74 Å². The standard InChI is InChI=1S/C20H19F12NO5S/c1-6-37-11(34)8-7(2)9(12(35)38-15(3,4)5)39-10(8)33-14(36)17(25,26)19(29,30)20(31,32)18(27,28)16(23,24)13(21)22/h13H,6H2,1-5H3,(H,33,36). The van der Waals surface area contributed by atoms with E-state index in [0.717, 1.165) is 12.2 Å². The van der Waals surface area contributed by atoms with E-state index in [2.05, 4.69) is 4.74 Å². The van der Waals surface area contributed by atoms with Gasteiger partial charge in [0.15, 0.2) is 0 Å². The molecular formula is C20H19F12NO5S. The van der Waals surface area contributed by atoms with Crippen LogP contribution in [0.5, 0.6) is 0 Å². The van der Waals surface area contributed by atoms with Gasteiger partial charge in [-0.25, -0.2) is 18.4 Å². The molecule has 0 fully saturated rings. The molecule has 0 bridgehead atoms. The summed E-state index contributed by atoms with van der Waals surface area (Å²) in [7, 11) is 0. The average Bonchev–Trinajstić information content (AvgIpc) is 3.07. The molecule has 0 aliphatic heterocycles. The Labute approximate surface area is 215 Å². The lowest BCUT2D eigenvalue weighted by atomic mass is 9.94. The Morgan fingerprint density at radius 2 is 1.33 bits per heavy atom. The van der Waals surface area contributed by atoms with Crippen LogP contribution in [-0.2, 0) is 14.3 Å². The minimum Gasteiger partial charge on any atom is -0.462 e. The third-order valence-electron chi connectivity index (χ3n) is 4.60. The lowest BCUT2D eigenvalue weighted by Crippen LogP contribution is -2.70. The van der Waals surface area contributed by atoms with Gasteiger partial charge < -0.3 is 14.8 Å². The molecule has 6 nitrogen and oxygen atoms in total. The molecule has 0 aliphatic rings. The van der Waals surface area contributed by atoms with Crippen molar-refractivity contribution in [3.8, 4) is 0 Å². The van der Waals surface area contributed by atoms with E-state index in [1.165, 1.54) is 27.7 Å². The lowest BCUT2D eigenvalue weighted by molar-refractivity contribution is -0.406. The molecule has 0 unspecified atom stereocenters. The Bertz CT molecular complexity index is 1110. The summed E-state index contributed by atoms with van der Waals surface area (Å²) < 4.78 is 171. The smallest absolute Gasteiger partial charge is 0.393 e. The van der Waals surface area contributed by atoms with E-state index >= 15 is 0 Å². The number of esters is 2. The largest absolute Gasteiger partial charge is 0.462 e. The minimum atomic E-state index is -7.93. The molecule has 0 atom stereocenters. The van der Waals surface area contributed by atoms with Gasteiger partial charge in [0.2, 0.25) is 0 Å². The van der Waals surface area contributed by atoms with Crippen molar-refractivity contribution in [3.05, 3.63) is 16.0 Å². The molecule has 1 amide bonds. The molecule has 0 saturated heterocycles. The number of hydrogen-bond acceptors (Lipinski definition) is 6. The fraction of sp³-hybridized carbons (Fsp3) is 0.650. The highest BCUT2D eigenvalue weighted by Crippen LogP contribution is 2.58. The number of anilines is 1. The van der Waals surface area contributed by atoms with E-state index in [9.17, 15) is 67.1 Å². The highest BCUT2D eigenvalue weighted by Gasteiger charge is 2.89. The van der Waals surface area contributed by atoms with Crippen molar-refractivity contribution in [1.29, 1.82) is 0 Å². The summed E-state index contributed by atoms with van der Waals surface area (Å²) in [5, 5.41) is -0.321. The number of hydrogen-bond donors (Lipinski definition) is 1. The summed E-state index contributed by atoms with van der Waals surface area (Å²) in [5.74, 6) is -43.9. The van der Waals surface area contributed by atoms with Gasteiger partial charge in [0.25, 0.3) is 0 Å². The first kappa shape index (κ1) is 34.3. The minimum absolute atomic E-state index is 0.0750. The summed E-state index contributed by atoms with van der Waals surface area (Å²) in [4.78, 5) is 36.0. The van der Waals surface area contributed by atoms with E-state index < -0.39 is 87.1 Å². The average molecular weight is 613 g/mol. The number of thiophene rings is 1. The molecule has 1 rings (SSSR count). The first-order valence-corrected chi connectivity index (χ1v) is 11.1. The van der Waals surface area contributed by atoms with Crippen LogP contribution in [-0.4, -0.2) is 66.1 Å². The summed E-state index contributed by atoms with van der Waals surface area (Å²) in [6, 6.07) is 0. The molecule has 0 aromatic carbocycles. The molecule has 19 heteroatoms. The molecular weight excluding hydrogens is 594 g/mol. The molecule has 0 saturated carbocycles. The number of alkyl halides is 12. The SMILES string of the molecule is CCOC(=O)c1c(NC(=O)C(F)(F)C(F)(F)C(F)(F)C(F)(F)C(F)(F)C(F)F)sc(C(=O)OC(C)(C)C)c1C. The highest BCUT2D eigenvalue weighted by molar-refractivity contribution is 7.18. The number of nitrogens with one attached hydrogen (secondary N) is 1. The monoisotopic (exact) mass is 613 g/mol. The fourth-order valence-electron chi connectivity index (χ4n) is 2.63. The molecule has 0 radical (unpaired) electrons. The summed E-state index contributed by atoms with van der Waals surface area (Å²) >= 11 is -0.0750. The van der Waals surface area contributed by atoms with Crippen molar-refractivity contribution in [1.82, 2.24) is 0 Å². The third kappa shape index (κ3) is 5.91. The maximum absolute atomic E-state index is 14.3. The molecule has 0 aliphatic carbocycles. The predicted molar refractivity (Wildman–Crippen MR) is 110 cm³/mol. The number of rotatable bonds is 10. The zero-order valence-electron chi connectivity index (χ0n) is 20.3. The normalized spacial score (nSPS) is 13.9. The Morgan fingerprint density at radius 3 is 1.74 bits per heavy atom. The van der Waals surface area contributed by atoms with Crippen molar-refractivity contribution < 1.29 is 76.5 Å². The summed E-state index contributed by atoms with van der Waals surface area (Å²) in [6.45, 7) is 5.93. The Balaban J connectivity index is 3.63. The van der Waals surface area contributed by atoms with Crippen LogP contribution in [0.15, 0.2) is 0 Å². The van der Waals surface area contributed by atoms with Gasteiger partial charge >= 0.3 is 53.9 Å². The number of halogens is 12. The van der Waals surface area contributed by atoms with Gasteiger partial charge in [0.05, 0.1) is 12.2 Å². The van der Waals surface area contributed by atoms with Crippen LogP contribution in [0.25, 0.3) is 0 Å². The second-order valence-electron chi connectivity index (χ2n) is 8.66. The third-order valence-corrected chi connectivity index (χ3v) is 5.79. The van der Waals surface area contributed by atoms with Crippen molar-refractivity contribution in [2.45, 2.75) is 76.3 Å². The topological polar surface area (TPSA) is 81.7 Å². The maximum Gasteiger partial charge on any atom is 0.393 e. The van der Waals surface area contributed by atoms with E-state index in [1.807, 2.05) is 0 Å². The van der Waals surface area contributed by atoms with Gasteiger partial charge in [0, 0.05) is 0 Å². The van der Waals surface area contributed by atoms with Gasteiger partial charge in [-0.15, -0.1) is 11.3 Å². The fourth-order valence-corrected chi connectivity index (χ4v) is 3.70. The van der Waals surface area contributed by atoms with Crippen molar-refractivity contribution in [3.63, 3.8) is 0 Å². The first-order chi connectivity index (χ1) is 17.2. The van der Waals surface area contributed by atoms with Crippen LogP contribution in [0.3, 0.4) is 0 Å². The number of ether oxygens (including phenoxy) is 2. The van der Waals surface area contributed by atoms with Gasteiger partial charge in [-0.3, -0.25) is 4.79 Å². The zero-order valence-corrected chi connectivity index (χ0v) is 21.1. The van der Waals surface area contributed by atoms with Crippen LogP contribution in [0, 0.1) is 6.92 Å². The second-order valence-corrected chi connectivity index (χ2v) is 9.68. The first-order valence-electron chi connectivity index (χ1n) is 10.2. The predicted octanol–water partition coefficient (Wildman–Crippen LogP) is 6.57. The summed E-state index contributed by atoms with van der Waals surface area (Å²) in [6.07, 6.45) is -5.70. The van der Waals surface area contributed by atoms with Crippen molar-refractivity contribution in [2.24, 2.45) is 0 Å². The van der Waals surface area contributed by atoms with Crippen molar-refractivity contribution in [2.75, 3.05) is 11.9 Å². The molecule has 1 aromatic heterocycles. The second kappa shape index (κ2) is 10.7. The van der Waals surface area contributed by atoms with Crippen LogP contribution < -0.4 is 5.32 Å². The maximum atomic E-state index is 14.3. The van der Waals surface area contributed by atoms with Crippen LogP contribution >= 0.6 is 11.3 Å². The van der Waals surface area contributed by atoms with E-state index in [0.29, 0.717) is 0 Å². The Morgan fingerprint density at radius 1 is 0.846 bits per heavy atom. The highest BCUT2D eigenvalue weighted by atomic mass is 32.1. The van der Waals surface area contributed by atoms with Gasteiger partial charge in [-0.1, -0.05) is 0 Å². The quantitative estimate of drug-likeness (QED) is 0.239. The lowest BCUT2D eigenvalue weighted by Gasteiger charge is -2.38.